The molecule has 4 rings (SSSR count). The predicted molar refractivity (Wildman–Crippen MR) is 103 cm³/mol. The largest absolute Gasteiger partial charge is 0.362 e. The third kappa shape index (κ3) is 2.67. The maximum Gasteiger partial charge on any atom is 0.158 e. The van der Waals surface area contributed by atoms with Crippen molar-refractivity contribution in [1.29, 1.82) is 5.26 Å². The summed E-state index contributed by atoms with van der Waals surface area (Å²) in [5, 5.41) is 13.4. The van der Waals surface area contributed by atoms with Crippen LogP contribution in [0.25, 0.3) is 6.08 Å². The SMILES string of the molecule is COC1NC(C)(c2ccc(Cl)cc2)c2[nH]c3c(c21)C(OC)N(CC#N)C=C3. The zero-order chi connectivity index (χ0) is 19.2. The van der Waals surface area contributed by atoms with Gasteiger partial charge in [-0.3, -0.25) is 5.32 Å². The molecule has 0 radical (unpaired) electrons. The first-order valence-corrected chi connectivity index (χ1v) is 9.07. The van der Waals surface area contributed by atoms with Crippen molar-refractivity contribution < 1.29 is 9.47 Å². The minimum Gasteiger partial charge on any atom is -0.362 e. The van der Waals surface area contributed by atoms with E-state index in [1.807, 2.05) is 41.4 Å². The van der Waals surface area contributed by atoms with Gasteiger partial charge < -0.3 is 19.4 Å². The van der Waals surface area contributed by atoms with Crippen LogP contribution in [0.2, 0.25) is 5.02 Å². The van der Waals surface area contributed by atoms with Gasteiger partial charge in [-0.1, -0.05) is 23.7 Å². The molecule has 3 unspecified atom stereocenters. The summed E-state index contributed by atoms with van der Waals surface area (Å²) in [4.78, 5) is 5.43. The number of hydrogen-bond donors (Lipinski definition) is 2. The van der Waals surface area contributed by atoms with Crippen LogP contribution in [0.1, 0.15) is 47.5 Å². The van der Waals surface area contributed by atoms with Gasteiger partial charge in [0.15, 0.2) is 6.23 Å². The van der Waals surface area contributed by atoms with Gasteiger partial charge in [0.05, 0.1) is 11.6 Å². The second-order valence-corrected chi connectivity index (χ2v) is 7.30. The van der Waals surface area contributed by atoms with E-state index in [4.69, 9.17) is 26.3 Å². The molecule has 0 fully saturated rings. The predicted octanol–water partition coefficient (Wildman–Crippen LogP) is 3.63. The highest BCUT2D eigenvalue weighted by molar-refractivity contribution is 6.30. The number of benzene rings is 1. The minimum absolute atomic E-state index is 0.244. The first-order valence-electron chi connectivity index (χ1n) is 8.70. The number of H-pyrrole nitrogens is 1. The molecule has 7 heteroatoms. The normalized spacial score (nSPS) is 26.0. The molecule has 2 aliphatic rings. The Hall–Kier alpha value is -2.30. The Morgan fingerprint density at radius 2 is 1.96 bits per heavy atom. The van der Waals surface area contributed by atoms with Crippen LogP contribution in [0.3, 0.4) is 0 Å². The summed E-state index contributed by atoms with van der Waals surface area (Å²) in [7, 11) is 3.34. The quantitative estimate of drug-likeness (QED) is 0.787. The van der Waals surface area contributed by atoms with E-state index in [1.54, 1.807) is 14.2 Å². The zero-order valence-corrected chi connectivity index (χ0v) is 16.2. The average Bonchev–Trinajstić information content (AvgIpc) is 3.19. The highest BCUT2D eigenvalue weighted by Crippen LogP contribution is 2.48. The number of nitrogens with zero attached hydrogens (tertiary/aromatic N) is 2. The summed E-state index contributed by atoms with van der Waals surface area (Å²) in [6.45, 7) is 2.36. The van der Waals surface area contributed by atoms with Crippen molar-refractivity contribution in [2.24, 2.45) is 0 Å². The topological polar surface area (TPSA) is 73.3 Å². The van der Waals surface area contributed by atoms with Gasteiger partial charge in [0, 0.05) is 48.0 Å². The summed E-state index contributed by atoms with van der Waals surface area (Å²) in [5.41, 5.74) is 4.66. The fourth-order valence-electron chi connectivity index (χ4n) is 4.09. The van der Waals surface area contributed by atoms with Crippen molar-refractivity contribution in [3.8, 4) is 6.07 Å². The van der Waals surface area contributed by atoms with E-state index in [9.17, 15) is 0 Å². The van der Waals surface area contributed by atoms with Crippen molar-refractivity contribution in [2.45, 2.75) is 24.9 Å². The van der Waals surface area contributed by atoms with Crippen LogP contribution < -0.4 is 5.32 Å². The van der Waals surface area contributed by atoms with Gasteiger partial charge in [-0.15, -0.1) is 0 Å². The Labute approximate surface area is 163 Å². The number of methoxy groups -OCH3 is 2. The van der Waals surface area contributed by atoms with Crippen LogP contribution in [-0.4, -0.2) is 30.6 Å². The second-order valence-electron chi connectivity index (χ2n) is 6.87. The fourth-order valence-corrected chi connectivity index (χ4v) is 4.22. The summed E-state index contributed by atoms with van der Waals surface area (Å²) in [6.07, 6.45) is 3.22. The van der Waals surface area contributed by atoms with Gasteiger partial charge in [-0.2, -0.15) is 5.26 Å². The van der Waals surface area contributed by atoms with Gasteiger partial charge in [0.1, 0.15) is 12.8 Å². The lowest BCUT2D eigenvalue weighted by atomic mass is 9.89. The lowest BCUT2D eigenvalue weighted by molar-refractivity contribution is -0.00603. The van der Waals surface area contributed by atoms with E-state index in [-0.39, 0.29) is 19.0 Å². The molecular formula is C20H21ClN4O2. The van der Waals surface area contributed by atoms with Crippen molar-refractivity contribution in [3.05, 3.63) is 63.6 Å². The van der Waals surface area contributed by atoms with Crippen LogP contribution in [0, 0.1) is 11.3 Å². The summed E-state index contributed by atoms with van der Waals surface area (Å²) in [5.74, 6) is 0. The molecule has 1 aromatic heterocycles. The van der Waals surface area contributed by atoms with E-state index < -0.39 is 5.54 Å². The first-order chi connectivity index (χ1) is 13.0. The summed E-state index contributed by atoms with van der Waals surface area (Å²) >= 11 is 6.08. The van der Waals surface area contributed by atoms with Crippen molar-refractivity contribution in [3.63, 3.8) is 0 Å². The number of rotatable bonds is 4. The van der Waals surface area contributed by atoms with Gasteiger partial charge in [0.25, 0.3) is 0 Å². The first kappa shape index (κ1) is 18.1. The number of fused-ring (bicyclic) bond motifs is 3. The van der Waals surface area contributed by atoms with Crippen LogP contribution in [0.5, 0.6) is 0 Å². The number of nitriles is 1. The standard InChI is InChI=1S/C20H21ClN4O2/c1-20(12-4-6-13(21)7-5-12)17-16(18(24-20)26-2)15-14(23-17)8-10-25(11-9-22)19(15)27-3/h4-8,10,18-19,23-24H,11H2,1-3H3. The molecule has 2 aromatic rings. The lowest BCUT2D eigenvalue weighted by Gasteiger charge is -2.32. The van der Waals surface area contributed by atoms with Crippen LogP contribution in [-0.2, 0) is 15.0 Å². The van der Waals surface area contributed by atoms with Gasteiger partial charge >= 0.3 is 0 Å². The van der Waals surface area contributed by atoms with Crippen LogP contribution >= 0.6 is 11.6 Å². The molecule has 3 heterocycles. The highest BCUT2D eigenvalue weighted by Gasteiger charge is 2.47. The fraction of sp³-hybridized carbons (Fsp3) is 0.350. The number of aromatic nitrogens is 1. The van der Waals surface area contributed by atoms with Gasteiger partial charge in [-0.25, -0.2) is 0 Å². The molecule has 0 amide bonds. The number of hydrogen-bond acceptors (Lipinski definition) is 5. The van der Waals surface area contributed by atoms with Crippen LogP contribution in [0.4, 0.5) is 0 Å². The molecule has 6 nitrogen and oxygen atoms in total. The number of halogens is 1. The van der Waals surface area contributed by atoms with Gasteiger partial charge in [0.2, 0.25) is 0 Å². The number of nitrogens with one attached hydrogen (secondary N) is 2. The number of ether oxygens (including phenoxy) is 2. The van der Waals surface area contributed by atoms with E-state index in [0.29, 0.717) is 5.02 Å². The molecule has 0 bridgehead atoms. The van der Waals surface area contributed by atoms with Gasteiger partial charge in [-0.05, 0) is 30.7 Å². The average molecular weight is 385 g/mol. The third-order valence-electron chi connectivity index (χ3n) is 5.41. The van der Waals surface area contributed by atoms with E-state index in [1.165, 1.54) is 0 Å². The molecule has 2 N–H and O–H groups in total. The van der Waals surface area contributed by atoms with E-state index in [0.717, 1.165) is 28.1 Å². The summed E-state index contributed by atoms with van der Waals surface area (Å²) in [6, 6.07) is 10.00. The number of aromatic amines is 1. The molecule has 0 aliphatic carbocycles. The minimum atomic E-state index is -0.468. The smallest absolute Gasteiger partial charge is 0.158 e. The van der Waals surface area contributed by atoms with Crippen molar-refractivity contribution >= 4 is 17.7 Å². The second kappa shape index (κ2) is 6.70. The van der Waals surface area contributed by atoms with E-state index in [2.05, 4.69) is 23.3 Å². The Morgan fingerprint density at radius 3 is 2.59 bits per heavy atom. The Bertz CT molecular complexity index is 931. The Kier molecular flexibility index (Phi) is 4.49. The molecule has 1 aromatic carbocycles. The molecule has 140 valence electrons. The van der Waals surface area contributed by atoms with Crippen molar-refractivity contribution in [2.75, 3.05) is 20.8 Å². The Morgan fingerprint density at radius 1 is 1.22 bits per heavy atom. The maximum atomic E-state index is 9.14. The van der Waals surface area contributed by atoms with E-state index >= 15 is 0 Å². The summed E-state index contributed by atoms with van der Waals surface area (Å²) < 4.78 is 11.5. The molecule has 27 heavy (non-hydrogen) atoms. The highest BCUT2D eigenvalue weighted by atomic mass is 35.5. The third-order valence-corrected chi connectivity index (χ3v) is 5.66. The molecule has 3 atom stereocenters. The molecular weight excluding hydrogens is 364 g/mol. The Balaban J connectivity index is 1.88. The monoisotopic (exact) mass is 384 g/mol. The molecule has 2 aliphatic heterocycles. The molecule has 0 saturated heterocycles. The van der Waals surface area contributed by atoms with Crippen LogP contribution in [0.15, 0.2) is 30.5 Å². The maximum absolute atomic E-state index is 9.14. The zero-order valence-electron chi connectivity index (χ0n) is 15.4. The van der Waals surface area contributed by atoms with Crippen molar-refractivity contribution in [1.82, 2.24) is 15.2 Å². The molecule has 0 saturated carbocycles. The molecule has 0 spiro atoms. The lowest BCUT2D eigenvalue weighted by Crippen LogP contribution is -2.38.